The summed E-state index contributed by atoms with van der Waals surface area (Å²) >= 11 is 9.22. The van der Waals surface area contributed by atoms with Crippen molar-refractivity contribution in [3.63, 3.8) is 0 Å². The van der Waals surface area contributed by atoms with E-state index in [2.05, 4.69) is 21.2 Å². The highest BCUT2D eigenvalue weighted by Crippen LogP contribution is 2.38. The molecule has 1 aromatic rings. The van der Waals surface area contributed by atoms with Gasteiger partial charge in [0.25, 0.3) is 0 Å². The lowest BCUT2D eigenvalue weighted by molar-refractivity contribution is -0.129. The first-order chi connectivity index (χ1) is 8.54. The molecule has 1 fully saturated rings. The number of ether oxygens (including phenoxy) is 1. The van der Waals surface area contributed by atoms with Crippen LogP contribution < -0.4 is 5.32 Å². The van der Waals surface area contributed by atoms with Crippen LogP contribution in [0.2, 0.25) is 5.02 Å². The highest BCUT2D eigenvalue weighted by molar-refractivity contribution is 9.10. The number of rotatable bonds is 4. The van der Waals surface area contributed by atoms with Crippen molar-refractivity contribution in [1.29, 1.82) is 0 Å². The summed E-state index contributed by atoms with van der Waals surface area (Å²) in [5.41, 5.74) is 0.484. The summed E-state index contributed by atoms with van der Waals surface area (Å²) in [6.07, 6.45) is 3.45. The minimum Gasteiger partial charge on any atom is -0.378 e. The Balaban J connectivity index is 1.98. The van der Waals surface area contributed by atoms with E-state index in [1.54, 1.807) is 25.3 Å². The maximum Gasteiger partial charge on any atom is 0.227 e. The second-order valence-electron chi connectivity index (χ2n) is 4.59. The molecule has 1 amide bonds. The third-order valence-electron chi connectivity index (χ3n) is 3.39. The number of hydrogen-bond acceptors (Lipinski definition) is 2. The van der Waals surface area contributed by atoms with E-state index in [0.29, 0.717) is 11.4 Å². The molecule has 0 aromatic heterocycles. The average Bonchev–Trinajstić information content (AvgIpc) is 2.27. The zero-order valence-corrected chi connectivity index (χ0v) is 12.5. The van der Waals surface area contributed by atoms with Crippen molar-refractivity contribution in [2.45, 2.75) is 31.3 Å². The van der Waals surface area contributed by atoms with Gasteiger partial charge in [-0.1, -0.05) is 11.6 Å². The molecule has 3 nitrogen and oxygen atoms in total. The molecule has 0 unspecified atom stereocenters. The van der Waals surface area contributed by atoms with Crippen LogP contribution in [0, 0.1) is 0 Å². The molecular formula is C13H15BrClNO2. The molecule has 1 aromatic carbocycles. The number of hydrogen-bond donors (Lipinski definition) is 1. The quantitative estimate of drug-likeness (QED) is 0.905. The summed E-state index contributed by atoms with van der Waals surface area (Å²) in [5, 5.41) is 3.50. The monoisotopic (exact) mass is 331 g/mol. The number of benzene rings is 1. The molecule has 1 aliphatic carbocycles. The van der Waals surface area contributed by atoms with Crippen molar-refractivity contribution in [3.05, 3.63) is 27.7 Å². The van der Waals surface area contributed by atoms with Crippen LogP contribution in [0.5, 0.6) is 0 Å². The van der Waals surface area contributed by atoms with E-state index in [0.717, 1.165) is 29.4 Å². The van der Waals surface area contributed by atoms with Crippen molar-refractivity contribution < 1.29 is 9.53 Å². The number of anilines is 1. The fourth-order valence-corrected chi connectivity index (χ4v) is 2.88. The van der Waals surface area contributed by atoms with Gasteiger partial charge in [-0.05, 0) is 53.4 Å². The normalized spacial score (nSPS) is 17.1. The fraction of sp³-hybridized carbons (Fsp3) is 0.462. The molecule has 0 radical (unpaired) electrons. The molecule has 0 aliphatic heterocycles. The predicted molar refractivity (Wildman–Crippen MR) is 76.0 cm³/mol. The first-order valence-electron chi connectivity index (χ1n) is 5.85. The molecule has 1 N–H and O–H groups in total. The third-order valence-corrected chi connectivity index (χ3v) is 4.28. The van der Waals surface area contributed by atoms with Gasteiger partial charge in [0.2, 0.25) is 5.91 Å². The largest absolute Gasteiger partial charge is 0.378 e. The number of methoxy groups -OCH3 is 1. The zero-order valence-electron chi connectivity index (χ0n) is 10.1. The van der Waals surface area contributed by atoms with Crippen molar-refractivity contribution in [2.75, 3.05) is 12.4 Å². The lowest BCUT2D eigenvalue weighted by atomic mass is 9.77. The highest BCUT2D eigenvalue weighted by Gasteiger charge is 2.39. The Bertz CT molecular complexity index is 455. The first-order valence-corrected chi connectivity index (χ1v) is 7.02. The minimum absolute atomic E-state index is 0.0282. The molecule has 98 valence electrons. The van der Waals surface area contributed by atoms with Gasteiger partial charge in [0, 0.05) is 16.6 Å². The van der Waals surface area contributed by atoms with Crippen LogP contribution in [0.25, 0.3) is 0 Å². The van der Waals surface area contributed by atoms with Crippen LogP contribution in [-0.2, 0) is 9.53 Å². The van der Waals surface area contributed by atoms with E-state index in [1.807, 2.05) is 0 Å². The third kappa shape index (κ3) is 3.05. The zero-order chi connectivity index (χ0) is 13.2. The van der Waals surface area contributed by atoms with E-state index >= 15 is 0 Å². The molecule has 5 heteroatoms. The Morgan fingerprint density at radius 2 is 2.28 bits per heavy atom. The molecule has 1 saturated carbocycles. The van der Waals surface area contributed by atoms with Gasteiger partial charge >= 0.3 is 0 Å². The van der Waals surface area contributed by atoms with E-state index in [1.165, 1.54) is 0 Å². The second-order valence-corrected chi connectivity index (χ2v) is 5.88. The standard InChI is InChI=1S/C13H15BrClNO2/c1-18-13(5-2-6-13)8-12(17)16-11-4-3-9(15)7-10(11)14/h3-4,7H,2,5-6,8H2,1H3,(H,16,17). The van der Waals surface area contributed by atoms with Crippen LogP contribution >= 0.6 is 27.5 Å². The fourth-order valence-electron chi connectivity index (χ4n) is 2.10. The number of amides is 1. The first kappa shape index (κ1) is 13.8. The van der Waals surface area contributed by atoms with Gasteiger partial charge in [-0.25, -0.2) is 0 Å². The molecule has 0 atom stereocenters. The van der Waals surface area contributed by atoms with Crippen molar-refractivity contribution in [3.8, 4) is 0 Å². The second kappa shape index (κ2) is 5.59. The van der Waals surface area contributed by atoms with E-state index < -0.39 is 0 Å². The van der Waals surface area contributed by atoms with Gasteiger partial charge < -0.3 is 10.1 Å². The van der Waals surface area contributed by atoms with Crippen molar-refractivity contribution >= 4 is 39.1 Å². The number of halogens is 2. The molecule has 0 saturated heterocycles. The Morgan fingerprint density at radius 3 is 2.78 bits per heavy atom. The SMILES string of the molecule is COC1(CC(=O)Nc2ccc(Cl)cc2Br)CCC1. The minimum atomic E-state index is -0.247. The van der Waals surface area contributed by atoms with E-state index in [4.69, 9.17) is 16.3 Å². The molecule has 18 heavy (non-hydrogen) atoms. The summed E-state index contributed by atoms with van der Waals surface area (Å²) in [4.78, 5) is 12.0. The van der Waals surface area contributed by atoms with Gasteiger partial charge in [-0.3, -0.25) is 4.79 Å². The Hall–Kier alpha value is -0.580. The highest BCUT2D eigenvalue weighted by atomic mass is 79.9. The molecule has 0 spiro atoms. The van der Waals surface area contributed by atoms with E-state index in [-0.39, 0.29) is 11.5 Å². The van der Waals surface area contributed by atoms with Crippen LogP contribution in [0.15, 0.2) is 22.7 Å². The van der Waals surface area contributed by atoms with Gasteiger partial charge in [0.15, 0.2) is 0 Å². The van der Waals surface area contributed by atoms with Crippen LogP contribution in [0.1, 0.15) is 25.7 Å². The smallest absolute Gasteiger partial charge is 0.227 e. The average molecular weight is 333 g/mol. The molecule has 2 rings (SSSR count). The maximum absolute atomic E-state index is 12.0. The van der Waals surface area contributed by atoms with Crippen LogP contribution in [0.3, 0.4) is 0 Å². The lowest BCUT2D eigenvalue weighted by Gasteiger charge is -2.39. The van der Waals surface area contributed by atoms with Gasteiger partial charge in [-0.2, -0.15) is 0 Å². The molecule has 0 bridgehead atoms. The van der Waals surface area contributed by atoms with Crippen molar-refractivity contribution in [2.24, 2.45) is 0 Å². The number of carbonyl (C=O) groups is 1. The van der Waals surface area contributed by atoms with Crippen molar-refractivity contribution in [1.82, 2.24) is 0 Å². The molecule has 0 heterocycles. The Morgan fingerprint density at radius 1 is 1.56 bits per heavy atom. The summed E-state index contributed by atoms with van der Waals surface area (Å²) in [6, 6.07) is 5.29. The summed E-state index contributed by atoms with van der Waals surface area (Å²) in [7, 11) is 1.67. The Kier molecular flexibility index (Phi) is 4.30. The molecular weight excluding hydrogens is 318 g/mol. The van der Waals surface area contributed by atoms with Gasteiger partial charge in [-0.15, -0.1) is 0 Å². The topological polar surface area (TPSA) is 38.3 Å². The number of carbonyl (C=O) groups excluding carboxylic acids is 1. The summed E-state index contributed by atoms with van der Waals surface area (Å²) < 4.78 is 6.22. The molecule has 1 aliphatic rings. The summed E-state index contributed by atoms with van der Waals surface area (Å²) in [5.74, 6) is -0.0282. The number of nitrogens with one attached hydrogen (secondary N) is 1. The predicted octanol–water partition coefficient (Wildman–Crippen LogP) is 4.00. The maximum atomic E-state index is 12.0. The lowest BCUT2D eigenvalue weighted by Crippen LogP contribution is -2.42. The van der Waals surface area contributed by atoms with Crippen LogP contribution in [0.4, 0.5) is 5.69 Å². The van der Waals surface area contributed by atoms with Gasteiger partial charge in [0.1, 0.15) is 0 Å². The Labute approximate surface area is 120 Å². The summed E-state index contributed by atoms with van der Waals surface area (Å²) in [6.45, 7) is 0. The van der Waals surface area contributed by atoms with Crippen LogP contribution in [-0.4, -0.2) is 18.6 Å². The van der Waals surface area contributed by atoms with Gasteiger partial charge in [0.05, 0.1) is 17.7 Å². The van der Waals surface area contributed by atoms with E-state index in [9.17, 15) is 4.79 Å².